The van der Waals surface area contributed by atoms with E-state index in [4.69, 9.17) is 5.73 Å². The van der Waals surface area contributed by atoms with E-state index in [1.54, 1.807) is 0 Å². The molecular weight excluding hydrogens is 238 g/mol. The minimum Gasteiger partial charge on any atom is -0.399 e. The molecule has 1 aliphatic rings. The van der Waals surface area contributed by atoms with E-state index in [2.05, 4.69) is 5.32 Å². The molecule has 19 heavy (non-hydrogen) atoms. The van der Waals surface area contributed by atoms with E-state index >= 15 is 0 Å². The Hall–Kier alpha value is -2.23. The topological polar surface area (TPSA) is 60.0 Å². The van der Waals surface area contributed by atoms with Crippen LogP contribution in [0.25, 0.3) is 0 Å². The fourth-order valence-electron chi connectivity index (χ4n) is 2.72. The third-order valence-electron chi connectivity index (χ3n) is 3.73. The van der Waals surface area contributed by atoms with Crippen LogP contribution in [0.4, 0.5) is 5.69 Å². The van der Waals surface area contributed by atoms with Gasteiger partial charge in [-0.15, -0.1) is 0 Å². The lowest BCUT2D eigenvalue weighted by molar-refractivity contribution is 0.0928. The maximum absolute atomic E-state index is 12.2. The van der Waals surface area contributed by atoms with E-state index < -0.39 is 0 Å². The monoisotopic (exact) mass is 255 g/mol. The van der Waals surface area contributed by atoms with Gasteiger partial charge in [-0.3, -0.25) is 4.79 Å². The molecule has 1 atom stereocenters. The molecule has 0 saturated carbocycles. The summed E-state index contributed by atoms with van der Waals surface area (Å²) in [6.07, 6.45) is 3.78. The number of amides is 1. The first-order valence-corrected chi connectivity index (χ1v) is 6.45. The number of rotatable bonds is 2. The molecule has 0 fully saturated rings. The molecule has 0 bridgehead atoms. The summed E-state index contributed by atoms with van der Waals surface area (Å²) in [6, 6.07) is 9.72. The van der Waals surface area contributed by atoms with Crippen LogP contribution in [0.5, 0.6) is 0 Å². The Bertz CT molecular complexity index is 630. The normalized spacial score (nSPS) is 17.2. The van der Waals surface area contributed by atoms with E-state index in [1.807, 2.05) is 48.1 Å². The molecule has 2 aromatic rings. The number of nitrogen functional groups attached to an aromatic ring is 1. The van der Waals surface area contributed by atoms with Crippen molar-refractivity contribution in [3.8, 4) is 0 Å². The van der Waals surface area contributed by atoms with Gasteiger partial charge in [0, 0.05) is 18.9 Å². The van der Waals surface area contributed by atoms with Crippen LogP contribution in [0, 0.1) is 0 Å². The summed E-state index contributed by atoms with van der Waals surface area (Å²) >= 11 is 0. The van der Waals surface area contributed by atoms with Gasteiger partial charge < -0.3 is 15.6 Å². The quantitative estimate of drug-likeness (QED) is 0.807. The zero-order valence-electron chi connectivity index (χ0n) is 10.9. The van der Waals surface area contributed by atoms with Crippen molar-refractivity contribution in [1.29, 1.82) is 0 Å². The van der Waals surface area contributed by atoms with Crippen molar-refractivity contribution in [2.75, 3.05) is 5.73 Å². The molecule has 4 heteroatoms. The average molecular weight is 255 g/mol. The zero-order valence-corrected chi connectivity index (χ0v) is 10.9. The summed E-state index contributed by atoms with van der Waals surface area (Å²) in [4.78, 5) is 12.2. The molecule has 0 saturated heterocycles. The number of nitrogens with zero attached hydrogens (tertiary/aromatic N) is 1. The van der Waals surface area contributed by atoms with Gasteiger partial charge in [0.25, 0.3) is 5.91 Å². The van der Waals surface area contributed by atoms with Crippen LogP contribution in [0.3, 0.4) is 0 Å². The smallest absolute Gasteiger partial charge is 0.268 e. The first-order valence-electron chi connectivity index (χ1n) is 6.45. The number of nitrogens with two attached hydrogens (primary N) is 1. The van der Waals surface area contributed by atoms with Gasteiger partial charge >= 0.3 is 0 Å². The summed E-state index contributed by atoms with van der Waals surface area (Å²) in [5.74, 6) is -0.0258. The Morgan fingerprint density at radius 2 is 2.26 bits per heavy atom. The van der Waals surface area contributed by atoms with Gasteiger partial charge in [0.15, 0.2) is 0 Å². The highest BCUT2D eigenvalue weighted by molar-refractivity contribution is 5.93. The number of nitrogens with one attached hydrogen (secondary N) is 1. The Morgan fingerprint density at radius 1 is 1.42 bits per heavy atom. The van der Waals surface area contributed by atoms with Crippen molar-refractivity contribution in [2.24, 2.45) is 7.05 Å². The third-order valence-corrected chi connectivity index (χ3v) is 3.73. The largest absolute Gasteiger partial charge is 0.399 e. The number of aryl methyl sites for hydroxylation is 2. The molecule has 1 unspecified atom stereocenters. The molecule has 0 spiro atoms. The van der Waals surface area contributed by atoms with Crippen molar-refractivity contribution in [3.05, 3.63) is 53.3 Å². The maximum atomic E-state index is 12.2. The highest BCUT2D eigenvalue weighted by Crippen LogP contribution is 2.32. The molecule has 1 aromatic heterocycles. The number of anilines is 1. The lowest BCUT2D eigenvalue weighted by Crippen LogP contribution is -2.28. The summed E-state index contributed by atoms with van der Waals surface area (Å²) in [7, 11) is 1.87. The van der Waals surface area contributed by atoms with Crippen LogP contribution < -0.4 is 11.1 Å². The standard InChI is InChI=1S/C15H17N3O/c1-18-8-2-3-14(18)15(19)17-13-7-4-10-9-11(16)5-6-12(10)13/h2-3,5-6,8-9,13H,4,7,16H2,1H3,(H,17,19). The summed E-state index contributed by atoms with van der Waals surface area (Å²) < 4.78 is 1.83. The summed E-state index contributed by atoms with van der Waals surface area (Å²) in [5.41, 5.74) is 9.69. The van der Waals surface area contributed by atoms with Crippen molar-refractivity contribution in [1.82, 2.24) is 9.88 Å². The van der Waals surface area contributed by atoms with Crippen LogP contribution in [-0.2, 0) is 13.5 Å². The van der Waals surface area contributed by atoms with Gasteiger partial charge in [-0.2, -0.15) is 0 Å². The van der Waals surface area contributed by atoms with E-state index in [9.17, 15) is 4.79 Å². The predicted molar refractivity (Wildman–Crippen MR) is 74.8 cm³/mol. The molecule has 1 aliphatic carbocycles. The third kappa shape index (κ3) is 2.10. The molecule has 3 N–H and O–H groups in total. The van der Waals surface area contributed by atoms with Gasteiger partial charge in [0.1, 0.15) is 5.69 Å². The minimum absolute atomic E-state index is 0.0258. The van der Waals surface area contributed by atoms with Gasteiger partial charge in [-0.1, -0.05) is 6.07 Å². The van der Waals surface area contributed by atoms with Gasteiger partial charge in [0.05, 0.1) is 6.04 Å². The summed E-state index contributed by atoms with van der Waals surface area (Å²) in [5, 5.41) is 3.10. The van der Waals surface area contributed by atoms with E-state index in [1.165, 1.54) is 11.1 Å². The second kappa shape index (κ2) is 4.46. The summed E-state index contributed by atoms with van der Waals surface area (Å²) in [6.45, 7) is 0. The van der Waals surface area contributed by atoms with E-state index in [0.717, 1.165) is 18.5 Å². The van der Waals surface area contributed by atoms with Crippen LogP contribution in [0.2, 0.25) is 0 Å². The number of hydrogen-bond acceptors (Lipinski definition) is 2. The van der Waals surface area contributed by atoms with E-state index in [-0.39, 0.29) is 11.9 Å². The molecule has 1 amide bonds. The number of fused-ring (bicyclic) bond motifs is 1. The lowest BCUT2D eigenvalue weighted by atomic mass is 10.1. The average Bonchev–Trinajstić information content (AvgIpc) is 2.96. The van der Waals surface area contributed by atoms with Gasteiger partial charge in [-0.05, 0) is 48.2 Å². The van der Waals surface area contributed by atoms with Crippen LogP contribution >= 0.6 is 0 Å². The highest BCUT2D eigenvalue weighted by Gasteiger charge is 2.24. The van der Waals surface area contributed by atoms with Crippen LogP contribution in [-0.4, -0.2) is 10.5 Å². The minimum atomic E-state index is -0.0258. The molecule has 4 nitrogen and oxygen atoms in total. The van der Waals surface area contributed by atoms with Crippen molar-refractivity contribution < 1.29 is 4.79 Å². The zero-order chi connectivity index (χ0) is 13.4. The van der Waals surface area contributed by atoms with Gasteiger partial charge in [0.2, 0.25) is 0 Å². The van der Waals surface area contributed by atoms with Crippen molar-refractivity contribution in [3.63, 3.8) is 0 Å². The fraction of sp³-hybridized carbons (Fsp3) is 0.267. The number of carbonyl (C=O) groups excluding carboxylic acids is 1. The van der Waals surface area contributed by atoms with Crippen LogP contribution in [0.1, 0.15) is 34.1 Å². The predicted octanol–water partition coefficient (Wildman–Crippen LogP) is 2.02. The highest BCUT2D eigenvalue weighted by atomic mass is 16.2. The number of aromatic nitrogens is 1. The second-order valence-corrected chi connectivity index (χ2v) is 5.03. The SMILES string of the molecule is Cn1cccc1C(=O)NC1CCc2cc(N)ccc21. The molecule has 3 rings (SSSR count). The number of benzene rings is 1. The second-order valence-electron chi connectivity index (χ2n) is 5.03. The lowest BCUT2D eigenvalue weighted by Gasteiger charge is -2.14. The Morgan fingerprint density at radius 3 is 3.00 bits per heavy atom. The first-order chi connectivity index (χ1) is 9.15. The Kier molecular flexibility index (Phi) is 2.78. The van der Waals surface area contributed by atoms with Crippen molar-refractivity contribution in [2.45, 2.75) is 18.9 Å². The van der Waals surface area contributed by atoms with E-state index in [0.29, 0.717) is 5.69 Å². The van der Waals surface area contributed by atoms with Crippen LogP contribution in [0.15, 0.2) is 36.5 Å². The number of hydrogen-bond donors (Lipinski definition) is 2. The maximum Gasteiger partial charge on any atom is 0.268 e. The van der Waals surface area contributed by atoms with Gasteiger partial charge in [-0.25, -0.2) is 0 Å². The molecule has 0 aliphatic heterocycles. The fourth-order valence-corrected chi connectivity index (χ4v) is 2.72. The van der Waals surface area contributed by atoms with Crippen molar-refractivity contribution >= 4 is 11.6 Å². The molecule has 98 valence electrons. The molecule has 1 heterocycles. The molecular formula is C15H17N3O. The number of carbonyl (C=O) groups is 1. The Balaban J connectivity index is 1.80. The molecule has 0 radical (unpaired) electrons. The molecule has 1 aromatic carbocycles. The first kappa shape index (κ1) is 11.8. The Labute approximate surface area is 112 Å².